The van der Waals surface area contributed by atoms with E-state index in [0.717, 1.165) is 37.1 Å². The van der Waals surface area contributed by atoms with Crippen LogP contribution in [0.15, 0.2) is 15.8 Å². The van der Waals surface area contributed by atoms with Gasteiger partial charge in [-0.15, -0.1) is 0 Å². The summed E-state index contributed by atoms with van der Waals surface area (Å²) in [5, 5.41) is 0.165. The summed E-state index contributed by atoms with van der Waals surface area (Å²) in [7, 11) is -3.61. The Labute approximate surface area is 149 Å². The minimum Gasteiger partial charge on any atom is -0.444 e. The molecule has 0 aliphatic heterocycles. The van der Waals surface area contributed by atoms with E-state index in [4.69, 9.17) is 4.42 Å². The maximum atomic E-state index is 13.0. The predicted molar refractivity (Wildman–Crippen MR) is 95.3 cm³/mol. The number of rotatable bonds is 5. The van der Waals surface area contributed by atoms with E-state index in [1.807, 2.05) is 32.3 Å². The van der Waals surface area contributed by atoms with Crippen LogP contribution in [-0.2, 0) is 15.6 Å². The Bertz CT molecular complexity index is 843. The van der Waals surface area contributed by atoms with Crippen LogP contribution in [0.4, 0.5) is 0 Å². The molecular formula is C18H27N3O3S. The van der Waals surface area contributed by atoms with Crippen LogP contribution < -0.4 is 0 Å². The highest BCUT2D eigenvalue weighted by Crippen LogP contribution is 2.33. The van der Waals surface area contributed by atoms with Crippen LogP contribution >= 0.6 is 0 Å². The molecule has 25 heavy (non-hydrogen) atoms. The minimum absolute atomic E-state index is 0.165. The van der Waals surface area contributed by atoms with Crippen LogP contribution in [0, 0.1) is 13.8 Å². The van der Waals surface area contributed by atoms with E-state index < -0.39 is 9.84 Å². The van der Waals surface area contributed by atoms with Gasteiger partial charge in [0.2, 0.25) is 20.9 Å². The van der Waals surface area contributed by atoms with Crippen LogP contribution in [0.5, 0.6) is 0 Å². The van der Waals surface area contributed by atoms with Crippen molar-refractivity contribution in [3.8, 4) is 0 Å². The molecule has 7 heteroatoms. The summed E-state index contributed by atoms with van der Waals surface area (Å²) in [5.74, 6) is 0.866. The Morgan fingerprint density at radius 2 is 1.92 bits per heavy atom. The number of nitrogens with zero attached hydrogens (tertiary/aromatic N) is 3. The van der Waals surface area contributed by atoms with Crippen molar-refractivity contribution in [3.63, 3.8) is 0 Å². The predicted octanol–water partition coefficient (Wildman–Crippen LogP) is 4.09. The molecule has 2 heterocycles. The molecule has 1 aliphatic rings. The maximum Gasteiger partial charge on any atom is 0.228 e. The maximum absolute atomic E-state index is 13.0. The summed E-state index contributed by atoms with van der Waals surface area (Å²) >= 11 is 0. The molecule has 0 aromatic carbocycles. The molecule has 0 atom stereocenters. The van der Waals surface area contributed by atoms with E-state index in [2.05, 4.69) is 9.97 Å². The molecular weight excluding hydrogens is 338 g/mol. The van der Waals surface area contributed by atoms with Crippen molar-refractivity contribution < 1.29 is 12.8 Å². The van der Waals surface area contributed by atoms with Gasteiger partial charge in [0.05, 0.1) is 11.9 Å². The highest BCUT2D eigenvalue weighted by molar-refractivity contribution is 7.90. The summed E-state index contributed by atoms with van der Waals surface area (Å²) < 4.78 is 33.6. The van der Waals surface area contributed by atoms with Gasteiger partial charge >= 0.3 is 0 Å². The van der Waals surface area contributed by atoms with E-state index >= 15 is 0 Å². The van der Waals surface area contributed by atoms with Crippen molar-refractivity contribution in [2.75, 3.05) is 0 Å². The SMILES string of the molecule is Cc1nc(S(=O)(=O)Cc2ncc(C(C)C)o2)n(C2CCCCC2)c1C. The van der Waals surface area contributed by atoms with Gasteiger partial charge in [0.15, 0.2) is 0 Å². The number of aromatic nitrogens is 3. The Morgan fingerprint density at radius 3 is 2.52 bits per heavy atom. The molecule has 0 spiro atoms. The average molecular weight is 365 g/mol. The lowest BCUT2D eigenvalue weighted by molar-refractivity contribution is 0.329. The van der Waals surface area contributed by atoms with Crippen molar-refractivity contribution >= 4 is 9.84 Å². The van der Waals surface area contributed by atoms with Crippen LogP contribution in [-0.4, -0.2) is 23.0 Å². The molecule has 0 N–H and O–H groups in total. The van der Waals surface area contributed by atoms with Crippen molar-refractivity contribution in [3.05, 3.63) is 29.2 Å². The lowest BCUT2D eigenvalue weighted by Gasteiger charge is -2.25. The molecule has 2 aromatic rings. The zero-order valence-electron chi connectivity index (χ0n) is 15.4. The Morgan fingerprint density at radius 1 is 1.24 bits per heavy atom. The highest BCUT2D eigenvalue weighted by Gasteiger charge is 2.30. The molecule has 6 nitrogen and oxygen atoms in total. The fourth-order valence-electron chi connectivity index (χ4n) is 3.47. The largest absolute Gasteiger partial charge is 0.444 e. The first-order chi connectivity index (χ1) is 11.8. The second kappa shape index (κ2) is 6.94. The molecule has 0 unspecified atom stereocenters. The van der Waals surface area contributed by atoms with Crippen molar-refractivity contribution in [1.82, 2.24) is 14.5 Å². The molecule has 0 bridgehead atoms. The molecule has 138 valence electrons. The highest BCUT2D eigenvalue weighted by atomic mass is 32.2. The van der Waals surface area contributed by atoms with Gasteiger partial charge in [-0.25, -0.2) is 18.4 Å². The van der Waals surface area contributed by atoms with Crippen LogP contribution in [0.1, 0.15) is 81.0 Å². The first-order valence-electron chi connectivity index (χ1n) is 9.02. The van der Waals surface area contributed by atoms with Crippen LogP contribution in [0.3, 0.4) is 0 Å². The second-order valence-electron chi connectivity index (χ2n) is 7.30. The number of hydrogen-bond acceptors (Lipinski definition) is 5. The van der Waals surface area contributed by atoms with Gasteiger partial charge in [-0.3, -0.25) is 0 Å². The lowest BCUT2D eigenvalue weighted by Crippen LogP contribution is -2.20. The van der Waals surface area contributed by atoms with Gasteiger partial charge in [-0.2, -0.15) is 0 Å². The van der Waals surface area contributed by atoms with Gasteiger partial charge in [0.25, 0.3) is 0 Å². The van der Waals surface area contributed by atoms with Gasteiger partial charge in [-0.1, -0.05) is 33.1 Å². The molecule has 0 amide bonds. The first-order valence-corrected chi connectivity index (χ1v) is 10.7. The van der Waals surface area contributed by atoms with Gasteiger partial charge < -0.3 is 8.98 Å². The monoisotopic (exact) mass is 365 g/mol. The van der Waals surface area contributed by atoms with E-state index in [1.165, 1.54) is 6.42 Å². The third-order valence-electron chi connectivity index (χ3n) is 5.03. The van der Waals surface area contributed by atoms with Crippen molar-refractivity contribution in [1.29, 1.82) is 0 Å². The number of hydrogen-bond donors (Lipinski definition) is 0. The third kappa shape index (κ3) is 3.66. The van der Waals surface area contributed by atoms with Crippen LogP contribution in [0.2, 0.25) is 0 Å². The van der Waals surface area contributed by atoms with Gasteiger partial charge in [0, 0.05) is 17.7 Å². The second-order valence-corrected chi connectivity index (χ2v) is 9.18. The van der Waals surface area contributed by atoms with Crippen molar-refractivity contribution in [2.24, 2.45) is 0 Å². The Balaban J connectivity index is 1.94. The summed E-state index contributed by atoms with van der Waals surface area (Å²) in [4.78, 5) is 8.54. The zero-order valence-corrected chi connectivity index (χ0v) is 16.3. The molecule has 0 radical (unpaired) electrons. The van der Waals surface area contributed by atoms with E-state index in [1.54, 1.807) is 6.20 Å². The fraction of sp³-hybridized carbons (Fsp3) is 0.667. The standard InChI is InChI=1S/C18H27N3O3S/c1-12(2)16-10-19-17(24-16)11-25(22,23)18-20-13(3)14(4)21(18)15-8-6-5-7-9-15/h10,12,15H,5-9,11H2,1-4H3. The summed E-state index contributed by atoms with van der Waals surface area (Å²) in [6.45, 7) is 7.80. The van der Waals surface area contributed by atoms with E-state index in [-0.39, 0.29) is 28.8 Å². The summed E-state index contributed by atoms with van der Waals surface area (Å²) in [5.41, 5.74) is 1.72. The quantitative estimate of drug-likeness (QED) is 0.797. The fourth-order valence-corrected chi connectivity index (χ4v) is 4.92. The van der Waals surface area contributed by atoms with Gasteiger partial charge in [-0.05, 0) is 26.7 Å². The van der Waals surface area contributed by atoms with Crippen LogP contribution in [0.25, 0.3) is 0 Å². The average Bonchev–Trinajstić information content (AvgIpc) is 3.14. The number of imidazole rings is 1. The topological polar surface area (TPSA) is 78.0 Å². The first kappa shape index (κ1) is 18.2. The lowest BCUT2D eigenvalue weighted by atomic mass is 9.95. The summed E-state index contributed by atoms with van der Waals surface area (Å²) in [6.07, 6.45) is 7.13. The number of aryl methyl sites for hydroxylation is 1. The van der Waals surface area contributed by atoms with E-state index in [0.29, 0.717) is 5.76 Å². The molecule has 2 aromatic heterocycles. The smallest absolute Gasteiger partial charge is 0.228 e. The Hall–Kier alpha value is -1.63. The molecule has 3 rings (SSSR count). The van der Waals surface area contributed by atoms with Gasteiger partial charge in [0.1, 0.15) is 11.5 Å². The molecule has 0 saturated heterocycles. The number of oxazole rings is 1. The zero-order chi connectivity index (χ0) is 18.2. The molecule has 1 fully saturated rings. The minimum atomic E-state index is -3.61. The van der Waals surface area contributed by atoms with E-state index in [9.17, 15) is 8.42 Å². The summed E-state index contributed by atoms with van der Waals surface area (Å²) in [6, 6.07) is 0.218. The molecule has 1 aliphatic carbocycles. The normalized spacial score (nSPS) is 16.7. The molecule has 1 saturated carbocycles. The van der Waals surface area contributed by atoms with Crippen molar-refractivity contribution in [2.45, 2.75) is 82.7 Å². The third-order valence-corrected chi connectivity index (χ3v) is 6.50. The number of sulfone groups is 1. The Kier molecular flexibility index (Phi) is 5.04.